The quantitative estimate of drug-likeness (QED) is 0.0130. The second kappa shape index (κ2) is 40.4. The normalized spacial score (nSPS) is 17.8. The smallest absolute Gasteiger partial charge is 0.258 e. The molecule has 6 aromatic rings. The van der Waals surface area contributed by atoms with Crippen LogP contribution in [0.1, 0.15) is 151 Å². The maximum Gasteiger partial charge on any atom is 0.258 e. The van der Waals surface area contributed by atoms with Crippen molar-refractivity contribution in [2.75, 3.05) is 52.6 Å². The number of amidine groups is 3. The third-order valence-corrected chi connectivity index (χ3v) is 23.5. The number of unbranched alkanes of at least 4 members (excludes halogenated alkanes) is 12. The summed E-state index contributed by atoms with van der Waals surface area (Å²) in [6.07, 6.45) is 23.6. The minimum atomic E-state index is -3.55. The van der Waals surface area contributed by atoms with E-state index < -0.39 is 39.4 Å². The zero-order valence-corrected chi connectivity index (χ0v) is 70.9. The van der Waals surface area contributed by atoms with Crippen molar-refractivity contribution in [1.82, 2.24) is 21.1 Å². The topological polar surface area (TPSA) is 255 Å². The number of halogens is 12. The predicted molar refractivity (Wildman–Crippen MR) is 449 cm³/mol. The number of hydrogen-bond acceptors (Lipinski definition) is 13. The van der Waals surface area contributed by atoms with Crippen LogP contribution in [0.3, 0.4) is 0 Å². The molecular weight excluding hydrogens is 1680 g/mol. The van der Waals surface area contributed by atoms with Crippen molar-refractivity contribution in [1.29, 1.82) is 0 Å². The first kappa shape index (κ1) is 88.9. The van der Waals surface area contributed by atoms with Gasteiger partial charge in [0, 0.05) is 61.6 Å². The van der Waals surface area contributed by atoms with Gasteiger partial charge in [0.05, 0.1) is 95.0 Å². The molecule has 0 aromatic heterocycles. The summed E-state index contributed by atoms with van der Waals surface area (Å²) in [7, 11) is 1.47. The number of nitrogens with zero attached hydrogens (tertiary/aromatic N) is 8. The van der Waals surface area contributed by atoms with Gasteiger partial charge in [-0.25, -0.2) is 28.4 Å². The molecule has 21 nitrogen and oxygen atoms in total. The molecule has 4 atom stereocenters. The van der Waals surface area contributed by atoms with Crippen molar-refractivity contribution in [3.05, 3.63) is 168 Å². The van der Waals surface area contributed by atoms with Gasteiger partial charge in [-0.3, -0.25) is 49.3 Å². The number of sulfone groups is 1. The summed E-state index contributed by atoms with van der Waals surface area (Å²) in [5.41, 5.74) is 8.66. The van der Waals surface area contributed by atoms with Crippen LogP contribution in [-0.4, -0.2) is 99.6 Å². The number of aliphatic imine (C=N–C) groups is 2. The van der Waals surface area contributed by atoms with Gasteiger partial charge in [-0.05, 0) is 132 Å². The lowest BCUT2D eigenvalue weighted by Gasteiger charge is -2.21. The lowest BCUT2D eigenvalue weighted by Crippen LogP contribution is -2.36. The number of hydrazone groups is 1. The molecular formula is C76H80Cl12N12O9S. The summed E-state index contributed by atoms with van der Waals surface area (Å²) in [4.78, 5) is 102. The van der Waals surface area contributed by atoms with E-state index in [1.165, 1.54) is 104 Å². The molecule has 4 aliphatic heterocycles. The number of carbonyl (C=O) groups is 7. The highest BCUT2D eigenvalue weighted by Gasteiger charge is 2.43. The Morgan fingerprint density at radius 1 is 0.564 bits per heavy atom. The summed E-state index contributed by atoms with van der Waals surface area (Å²) in [6.45, 7) is 7.16. The number of allylic oxidation sites excluding steroid dienone is 2. The molecule has 0 radical (unpaired) electrons. The highest BCUT2D eigenvalue weighted by Crippen LogP contribution is 2.50. The van der Waals surface area contributed by atoms with Gasteiger partial charge in [-0.15, -0.1) is 0 Å². The van der Waals surface area contributed by atoms with Crippen molar-refractivity contribution in [2.24, 2.45) is 38.8 Å². The summed E-state index contributed by atoms with van der Waals surface area (Å²) >= 11 is 75.0. The van der Waals surface area contributed by atoms with Gasteiger partial charge in [0.1, 0.15) is 34.6 Å². The molecule has 588 valence electrons. The van der Waals surface area contributed by atoms with Crippen molar-refractivity contribution in [3.63, 3.8) is 0 Å². The number of hydrazine groups is 2. The number of hydrogen-bond donors (Lipinski definition) is 4. The van der Waals surface area contributed by atoms with Crippen LogP contribution in [-0.2, 0) is 33.8 Å². The standard InChI is InChI=1S/C38H46Cl6N4O3.C20H19Cl3N4O4S.C18H15Cl3N4O2/c1-3-4-5-6-7-8-9-10-11-12-13-14-15-16-17-18-19-25-22-29(49)47(38(25)51)26-20-21-27(39)28(23-26)45-36-24(2)37(50)48(46-36)35-33(43)31(41)30(40)32(42)34(35)44;1-10-18(24-16-7-11(5-6-13(16)21)20(29)26(2)3)25-27(19(10)28)17-14(22)8-12(9-15(17)23)32(4,30)31;1-9-16(23-17(26)10-4-3-5-12(6-10)22-2)24-25(18(9)27)15-13(20)7-11(19)8-14(15)21/h10-11,20-21,23-25H,3-9,12-19,22H2,1-2H3,(H,45,46);5-10H,1-4H3,(H,24,25);3-9,22H,1-2H3,(H,23,24,26)/b11-10+;;. The monoisotopic (exact) mass is 1760 g/mol. The maximum absolute atomic E-state index is 13.4. The van der Waals surface area contributed by atoms with E-state index in [2.05, 4.69) is 55.6 Å². The summed E-state index contributed by atoms with van der Waals surface area (Å²) in [6, 6.07) is 21.8. The Labute approximate surface area is 700 Å². The fraction of sp³-hybridized carbons (Fsp3) is 0.368. The molecule has 0 aliphatic carbocycles. The molecule has 7 amide bonds. The molecule has 3 saturated heterocycles. The second-order valence-corrected chi connectivity index (χ2v) is 33.3. The Bertz CT molecular complexity index is 4700. The first-order valence-corrected chi connectivity index (χ1v) is 41.6. The van der Waals surface area contributed by atoms with Crippen molar-refractivity contribution < 1.29 is 42.0 Å². The van der Waals surface area contributed by atoms with E-state index in [1.807, 2.05) is 6.07 Å². The Kier molecular flexibility index (Phi) is 32.7. The second-order valence-electron chi connectivity index (χ2n) is 26.5. The van der Waals surface area contributed by atoms with Gasteiger partial charge in [0.25, 0.3) is 29.5 Å². The van der Waals surface area contributed by atoms with Gasteiger partial charge < -0.3 is 15.5 Å². The molecule has 4 N–H and O–H groups in total. The largest absolute Gasteiger partial charge is 0.388 e. The molecule has 0 spiro atoms. The van der Waals surface area contributed by atoms with Crippen molar-refractivity contribution in [3.8, 4) is 0 Å². The number of nitrogens with one attached hydrogen (secondary N) is 4. The van der Waals surface area contributed by atoms with Crippen molar-refractivity contribution >= 4 is 248 Å². The lowest BCUT2D eigenvalue weighted by molar-refractivity contribution is -0.123. The van der Waals surface area contributed by atoms with Crippen LogP contribution in [0.25, 0.3) is 0 Å². The van der Waals surface area contributed by atoms with Gasteiger partial charge >= 0.3 is 0 Å². The maximum atomic E-state index is 13.4. The van der Waals surface area contributed by atoms with E-state index in [-0.39, 0.29) is 137 Å². The molecule has 0 bridgehead atoms. The molecule has 3 fully saturated rings. The predicted octanol–water partition coefficient (Wildman–Crippen LogP) is 21.5. The van der Waals surface area contributed by atoms with Crippen LogP contribution in [0, 0.1) is 23.7 Å². The van der Waals surface area contributed by atoms with E-state index in [0.717, 1.165) is 52.7 Å². The van der Waals surface area contributed by atoms with Crippen LogP contribution >= 0.6 is 139 Å². The SMILES string of the molecule is CC1C(=O)N(c2c(Cl)cc(S(C)(=O)=O)cc2Cl)NC1=Nc1cc(C(=O)N(C)C)ccc1Cl.CCCCCCCC/C=C/CCCCCCCCC1CC(=O)N(c2ccc(Cl)c(N=C3NN(c4c(Cl)c(Cl)c(Cl)c(Cl)c4Cl)C(=O)C3C)c2)C1=O.CNc1cccc(C(=O)NC2=NN(c3c(Cl)cc(Cl)cc3Cl)C(=O)C2C)c1. The van der Waals surface area contributed by atoms with E-state index >= 15 is 0 Å². The molecule has 4 aliphatic rings. The van der Waals surface area contributed by atoms with Gasteiger partial charge in [-0.2, -0.15) is 10.1 Å². The summed E-state index contributed by atoms with van der Waals surface area (Å²) in [5, 5.41) is 14.1. The fourth-order valence-electron chi connectivity index (χ4n) is 11.9. The molecule has 0 saturated carbocycles. The van der Waals surface area contributed by atoms with Gasteiger partial charge in [0.2, 0.25) is 11.8 Å². The number of anilines is 5. The molecule has 110 heavy (non-hydrogen) atoms. The van der Waals surface area contributed by atoms with Gasteiger partial charge in [0.15, 0.2) is 9.84 Å². The molecule has 6 aromatic carbocycles. The average molecular weight is 1760 g/mol. The van der Waals surface area contributed by atoms with E-state index in [9.17, 15) is 42.0 Å². The zero-order valence-electron chi connectivity index (χ0n) is 61.1. The first-order valence-electron chi connectivity index (χ1n) is 35.2. The van der Waals surface area contributed by atoms with Crippen LogP contribution in [0.4, 0.5) is 39.8 Å². The molecule has 10 rings (SSSR count). The first-order chi connectivity index (χ1) is 52.1. The number of imide groups is 1. The Hall–Kier alpha value is -6.61. The zero-order chi connectivity index (χ0) is 80.7. The fourth-order valence-corrected chi connectivity index (χ4v) is 15.9. The highest BCUT2D eigenvalue weighted by molar-refractivity contribution is 7.90. The van der Waals surface area contributed by atoms with Gasteiger partial charge in [-0.1, -0.05) is 229 Å². The van der Waals surface area contributed by atoms with Crippen LogP contribution < -0.4 is 41.4 Å². The molecule has 4 unspecified atom stereocenters. The van der Waals surface area contributed by atoms with E-state index in [0.29, 0.717) is 39.0 Å². The Morgan fingerprint density at radius 3 is 1.60 bits per heavy atom. The third kappa shape index (κ3) is 22.0. The van der Waals surface area contributed by atoms with Crippen LogP contribution in [0.5, 0.6) is 0 Å². The summed E-state index contributed by atoms with van der Waals surface area (Å²) in [5.74, 6) is -4.07. The minimum absolute atomic E-state index is 0.0242. The Balaban J connectivity index is 0.000000221. The average Bonchev–Trinajstić information content (AvgIpc) is 1.55. The number of amides is 7. The number of rotatable bonds is 26. The number of carbonyl (C=O) groups excluding carboxylic acids is 7. The van der Waals surface area contributed by atoms with Crippen molar-refractivity contribution in [2.45, 2.75) is 135 Å². The van der Waals surface area contributed by atoms with Crippen LogP contribution in [0.15, 0.2) is 117 Å². The number of benzene rings is 6. The van der Waals surface area contributed by atoms with E-state index in [4.69, 9.17) is 139 Å². The summed E-state index contributed by atoms with van der Waals surface area (Å²) < 4.78 is 23.6. The van der Waals surface area contributed by atoms with Crippen LogP contribution in [0.2, 0.25) is 60.3 Å². The molecule has 4 heterocycles. The minimum Gasteiger partial charge on any atom is -0.388 e. The lowest BCUT2D eigenvalue weighted by atomic mass is 9.98. The van der Waals surface area contributed by atoms with E-state index in [1.54, 1.807) is 90.4 Å². The highest BCUT2D eigenvalue weighted by atomic mass is 35.5. The third-order valence-electron chi connectivity index (χ3n) is 18.1. The Morgan fingerprint density at radius 2 is 1.06 bits per heavy atom. The molecule has 34 heteroatoms.